The van der Waals surface area contributed by atoms with Gasteiger partial charge in [0.1, 0.15) is 5.01 Å². The van der Waals surface area contributed by atoms with E-state index in [0.29, 0.717) is 6.54 Å². The predicted octanol–water partition coefficient (Wildman–Crippen LogP) is 2.96. The van der Waals surface area contributed by atoms with Crippen LogP contribution in [0, 0.1) is 5.92 Å². The average molecular weight is 248 g/mol. The minimum absolute atomic E-state index is 0.0735. The Morgan fingerprint density at radius 1 is 1.47 bits per heavy atom. The van der Waals surface area contributed by atoms with Crippen LogP contribution in [0.4, 0.5) is 0 Å². The molecule has 4 heteroatoms. The van der Waals surface area contributed by atoms with Gasteiger partial charge in [0.05, 0.1) is 16.8 Å². The first-order chi connectivity index (χ1) is 8.20. The molecule has 0 saturated heterocycles. The lowest BCUT2D eigenvalue weighted by Gasteiger charge is -2.07. The van der Waals surface area contributed by atoms with Crippen LogP contribution < -0.4 is 5.32 Å². The maximum atomic E-state index is 11.6. The Bertz CT molecular complexity index is 488. The van der Waals surface area contributed by atoms with Gasteiger partial charge in [0.15, 0.2) is 0 Å². The second-order valence-corrected chi connectivity index (χ2v) is 5.22. The molecule has 17 heavy (non-hydrogen) atoms. The molecular formula is C13H16N2OS. The van der Waals surface area contributed by atoms with Crippen molar-refractivity contribution in [3.8, 4) is 0 Å². The first kappa shape index (κ1) is 12.0. The van der Waals surface area contributed by atoms with Crippen LogP contribution in [0.1, 0.15) is 25.3 Å². The summed E-state index contributed by atoms with van der Waals surface area (Å²) in [6.45, 7) is 4.48. The Labute approximate surface area is 105 Å². The number of carbonyl (C=O) groups excluding carboxylic acids is 1. The first-order valence-corrected chi connectivity index (χ1v) is 6.64. The molecule has 1 amide bonds. The van der Waals surface area contributed by atoms with Crippen LogP contribution in [0.15, 0.2) is 24.3 Å². The molecule has 0 radical (unpaired) electrons. The Hall–Kier alpha value is -1.42. The Morgan fingerprint density at radius 2 is 2.24 bits per heavy atom. The molecule has 1 atom stereocenters. The number of nitrogens with one attached hydrogen (secondary N) is 1. The van der Waals surface area contributed by atoms with Crippen molar-refractivity contribution in [1.82, 2.24) is 10.3 Å². The molecule has 0 aliphatic heterocycles. The molecule has 0 fully saturated rings. The minimum atomic E-state index is 0.0735. The molecule has 2 aromatic rings. The SMILES string of the molecule is CC[C@H](C)C(=O)NCc1nc2ccccc2s1. The van der Waals surface area contributed by atoms with E-state index in [4.69, 9.17) is 0 Å². The largest absolute Gasteiger partial charge is 0.349 e. The van der Waals surface area contributed by atoms with Crippen LogP contribution in [0.25, 0.3) is 10.2 Å². The fourth-order valence-corrected chi connectivity index (χ4v) is 2.42. The zero-order valence-corrected chi connectivity index (χ0v) is 10.9. The van der Waals surface area contributed by atoms with Gasteiger partial charge in [-0.15, -0.1) is 11.3 Å². The zero-order valence-electron chi connectivity index (χ0n) is 10.1. The summed E-state index contributed by atoms with van der Waals surface area (Å²) in [6, 6.07) is 8.02. The van der Waals surface area contributed by atoms with E-state index >= 15 is 0 Å². The molecule has 1 aromatic carbocycles. The topological polar surface area (TPSA) is 42.0 Å². The van der Waals surface area contributed by atoms with Crippen LogP contribution in [0.5, 0.6) is 0 Å². The fraction of sp³-hybridized carbons (Fsp3) is 0.385. The number of carbonyl (C=O) groups is 1. The van der Waals surface area contributed by atoms with Crippen molar-refractivity contribution in [2.75, 3.05) is 0 Å². The van der Waals surface area contributed by atoms with Crippen molar-refractivity contribution in [3.05, 3.63) is 29.3 Å². The van der Waals surface area contributed by atoms with E-state index in [0.717, 1.165) is 16.9 Å². The predicted molar refractivity (Wildman–Crippen MR) is 70.9 cm³/mol. The molecule has 0 unspecified atom stereocenters. The third-order valence-corrected chi connectivity index (χ3v) is 3.85. The minimum Gasteiger partial charge on any atom is -0.349 e. The summed E-state index contributed by atoms with van der Waals surface area (Å²) in [5, 5.41) is 3.88. The van der Waals surface area contributed by atoms with Gasteiger partial charge >= 0.3 is 0 Å². The van der Waals surface area contributed by atoms with E-state index in [2.05, 4.69) is 10.3 Å². The van der Waals surface area contributed by atoms with Crippen molar-refractivity contribution < 1.29 is 4.79 Å². The summed E-state index contributed by atoms with van der Waals surface area (Å²) in [6.07, 6.45) is 0.867. The highest BCUT2D eigenvalue weighted by Crippen LogP contribution is 2.21. The van der Waals surface area contributed by atoms with Crippen molar-refractivity contribution in [2.24, 2.45) is 5.92 Å². The van der Waals surface area contributed by atoms with Crippen molar-refractivity contribution >= 4 is 27.5 Å². The van der Waals surface area contributed by atoms with E-state index in [9.17, 15) is 4.79 Å². The monoisotopic (exact) mass is 248 g/mol. The molecule has 0 aliphatic rings. The smallest absolute Gasteiger partial charge is 0.223 e. The van der Waals surface area contributed by atoms with E-state index in [1.165, 1.54) is 4.70 Å². The number of thiazole rings is 1. The highest BCUT2D eigenvalue weighted by Gasteiger charge is 2.10. The standard InChI is InChI=1S/C13H16N2OS/c1-3-9(2)13(16)14-8-12-15-10-6-4-5-7-11(10)17-12/h4-7,9H,3,8H2,1-2H3,(H,14,16)/t9-/m0/s1. The Morgan fingerprint density at radius 3 is 2.94 bits per heavy atom. The lowest BCUT2D eigenvalue weighted by atomic mass is 10.1. The highest BCUT2D eigenvalue weighted by molar-refractivity contribution is 7.18. The maximum absolute atomic E-state index is 11.6. The third-order valence-electron chi connectivity index (χ3n) is 2.81. The van der Waals surface area contributed by atoms with Gasteiger partial charge in [-0.25, -0.2) is 4.98 Å². The molecule has 1 aromatic heterocycles. The number of rotatable bonds is 4. The van der Waals surface area contributed by atoms with Crippen LogP contribution in [0.2, 0.25) is 0 Å². The average Bonchev–Trinajstić information content (AvgIpc) is 2.77. The third kappa shape index (κ3) is 2.82. The van der Waals surface area contributed by atoms with E-state index in [1.54, 1.807) is 11.3 Å². The van der Waals surface area contributed by atoms with Gasteiger partial charge in [-0.3, -0.25) is 4.79 Å². The molecule has 0 saturated carbocycles. The normalized spacial score (nSPS) is 12.6. The van der Waals surface area contributed by atoms with Crippen LogP contribution in [0.3, 0.4) is 0 Å². The van der Waals surface area contributed by atoms with E-state index in [-0.39, 0.29) is 11.8 Å². The molecule has 90 valence electrons. The zero-order chi connectivity index (χ0) is 12.3. The summed E-state index contributed by atoms with van der Waals surface area (Å²) < 4.78 is 1.17. The van der Waals surface area contributed by atoms with Gasteiger partial charge in [-0.1, -0.05) is 26.0 Å². The Kier molecular flexibility index (Phi) is 3.74. The molecule has 1 heterocycles. The lowest BCUT2D eigenvalue weighted by Crippen LogP contribution is -2.28. The summed E-state index contributed by atoms with van der Waals surface area (Å²) in [5.74, 6) is 0.177. The molecular weight excluding hydrogens is 232 g/mol. The number of fused-ring (bicyclic) bond motifs is 1. The molecule has 3 nitrogen and oxygen atoms in total. The first-order valence-electron chi connectivity index (χ1n) is 5.83. The number of hydrogen-bond acceptors (Lipinski definition) is 3. The van der Waals surface area contributed by atoms with Gasteiger partial charge in [0, 0.05) is 5.92 Å². The van der Waals surface area contributed by atoms with Crippen LogP contribution in [-0.2, 0) is 11.3 Å². The van der Waals surface area contributed by atoms with Gasteiger partial charge in [-0.2, -0.15) is 0 Å². The second-order valence-electron chi connectivity index (χ2n) is 4.10. The number of amides is 1. The molecule has 0 bridgehead atoms. The van der Waals surface area contributed by atoms with Crippen LogP contribution in [-0.4, -0.2) is 10.9 Å². The van der Waals surface area contributed by atoms with Gasteiger partial charge in [-0.05, 0) is 18.6 Å². The number of para-hydroxylation sites is 1. The highest BCUT2D eigenvalue weighted by atomic mass is 32.1. The summed E-state index contributed by atoms with van der Waals surface area (Å²) >= 11 is 1.63. The lowest BCUT2D eigenvalue weighted by molar-refractivity contribution is -0.124. The van der Waals surface area contributed by atoms with Gasteiger partial charge < -0.3 is 5.32 Å². The fourth-order valence-electron chi connectivity index (χ4n) is 1.52. The number of nitrogens with zero attached hydrogens (tertiary/aromatic N) is 1. The van der Waals surface area contributed by atoms with Crippen molar-refractivity contribution in [3.63, 3.8) is 0 Å². The molecule has 1 N–H and O–H groups in total. The summed E-state index contributed by atoms with van der Waals surface area (Å²) in [7, 11) is 0. The van der Waals surface area contributed by atoms with Gasteiger partial charge in [0.2, 0.25) is 5.91 Å². The van der Waals surface area contributed by atoms with Crippen molar-refractivity contribution in [2.45, 2.75) is 26.8 Å². The van der Waals surface area contributed by atoms with Crippen molar-refractivity contribution in [1.29, 1.82) is 0 Å². The number of aromatic nitrogens is 1. The Balaban J connectivity index is 2.02. The number of hydrogen-bond donors (Lipinski definition) is 1. The van der Waals surface area contributed by atoms with E-state index in [1.807, 2.05) is 38.1 Å². The number of benzene rings is 1. The van der Waals surface area contributed by atoms with Gasteiger partial charge in [0.25, 0.3) is 0 Å². The molecule has 2 rings (SSSR count). The van der Waals surface area contributed by atoms with E-state index < -0.39 is 0 Å². The molecule has 0 spiro atoms. The maximum Gasteiger partial charge on any atom is 0.223 e. The summed E-state index contributed by atoms with van der Waals surface area (Å²) in [4.78, 5) is 16.1. The molecule has 0 aliphatic carbocycles. The second kappa shape index (κ2) is 5.27. The van der Waals surface area contributed by atoms with Crippen LogP contribution >= 0.6 is 11.3 Å². The summed E-state index contributed by atoms with van der Waals surface area (Å²) in [5.41, 5.74) is 1.00. The quantitative estimate of drug-likeness (QED) is 0.904.